The predicted molar refractivity (Wildman–Crippen MR) is 91.3 cm³/mol. The molecule has 1 N–H and O–H groups in total. The van der Waals surface area contributed by atoms with E-state index in [9.17, 15) is 9.59 Å². The zero-order valence-electron chi connectivity index (χ0n) is 13.4. The summed E-state index contributed by atoms with van der Waals surface area (Å²) in [5, 5.41) is 2.69. The number of hydrogen-bond donors (Lipinski definition) is 1. The number of rotatable bonds is 4. The Balaban J connectivity index is 1.77. The first-order chi connectivity index (χ1) is 11.5. The lowest BCUT2D eigenvalue weighted by molar-refractivity contribution is -0.114. The Labute approximate surface area is 138 Å². The van der Waals surface area contributed by atoms with Crippen LogP contribution in [0, 0.1) is 6.92 Å². The number of aryl methyl sites for hydroxylation is 1. The number of carbonyl (C=O) groups excluding carboxylic acids is 1. The van der Waals surface area contributed by atoms with Gasteiger partial charge in [0.15, 0.2) is 0 Å². The summed E-state index contributed by atoms with van der Waals surface area (Å²) in [4.78, 5) is 27.6. The van der Waals surface area contributed by atoms with Crippen LogP contribution in [0.3, 0.4) is 0 Å². The SMILES string of the molecule is CC(=O)Nc1ccc(OCc2cc(=O)n3cccc(C)c3n2)cc1. The van der Waals surface area contributed by atoms with Crippen LogP contribution in [0.1, 0.15) is 18.2 Å². The predicted octanol–water partition coefficient (Wildman–Crippen LogP) is 2.54. The van der Waals surface area contributed by atoms with Gasteiger partial charge in [0.25, 0.3) is 5.56 Å². The largest absolute Gasteiger partial charge is 0.487 e. The molecule has 24 heavy (non-hydrogen) atoms. The van der Waals surface area contributed by atoms with Crippen LogP contribution in [0.15, 0.2) is 53.5 Å². The maximum absolute atomic E-state index is 12.1. The van der Waals surface area contributed by atoms with E-state index in [4.69, 9.17) is 4.74 Å². The van der Waals surface area contributed by atoms with Crippen LogP contribution >= 0.6 is 0 Å². The summed E-state index contributed by atoms with van der Waals surface area (Å²) in [5.41, 5.74) is 2.69. The van der Waals surface area contributed by atoms with Gasteiger partial charge in [-0.2, -0.15) is 0 Å². The third kappa shape index (κ3) is 3.43. The average Bonchev–Trinajstić information content (AvgIpc) is 2.55. The first-order valence-corrected chi connectivity index (χ1v) is 7.51. The van der Waals surface area contributed by atoms with Gasteiger partial charge in [-0.15, -0.1) is 0 Å². The Morgan fingerprint density at radius 1 is 1.25 bits per heavy atom. The average molecular weight is 323 g/mol. The van der Waals surface area contributed by atoms with Gasteiger partial charge in [0.1, 0.15) is 18.0 Å². The second kappa shape index (κ2) is 6.54. The van der Waals surface area contributed by atoms with Gasteiger partial charge >= 0.3 is 0 Å². The van der Waals surface area contributed by atoms with Crippen molar-refractivity contribution in [3.63, 3.8) is 0 Å². The minimum Gasteiger partial charge on any atom is -0.487 e. The van der Waals surface area contributed by atoms with Gasteiger partial charge in [-0.25, -0.2) is 4.98 Å². The molecule has 2 aromatic heterocycles. The van der Waals surface area contributed by atoms with Crippen LogP contribution in [-0.2, 0) is 11.4 Å². The smallest absolute Gasteiger partial charge is 0.258 e. The van der Waals surface area contributed by atoms with E-state index in [2.05, 4.69) is 10.3 Å². The van der Waals surface area contributed by atoms with Crippen LogP contribution in [0.2, 0.25) is 0 Å². The zero-order chi connectivity index (χ0) is 17.1. The van der Waals surface area contributed by atoms with Crippen LogP contribution < -0.4 is 15.6 Å². The Morgan fingerprint density at radius 3 is 2.71 bits per heavy atom. The van der Waals surface area contributed by atoms with Crippen LogP contribution in [0.5, 0.6) is 5.75 Å². The van der Waals surface area contributed by atoms with Gasteiger partial charge < -0.3 is 10.1 Å². The third-order valence-electron chi connectivity index (χ3n) is 3.50. The molecule has 0 atom stereocenters. The molecule has 0 spiro atoms. The molecule has 2 heterocycles. The maximum Gasteiger partial charge on any atom is 0.258 e. The molecule has 3 rings (SSSR count). The molecule has 6 nitrogen and oxygen atoms in total. The van der Waals surface area contributed by atoms with Crippen molar-refractivity contribution in [1.82, 2.24) is 9.38 Å². The van der Waals surface area contributed by atoms with E-state index >= 15 is 0 Å². The number of aromatic nitrogens is 2. The summed E-state index contributed by atoms with van der Waals surface area (Å²) in [5.74, 6) is 0.510. The van der Waals surface area contributed by atoms with Gasteiger partial charge in [0.05, 0.1) is 5.69 Å². The quantitative estimate of drug-likeness (QED) is 0.801. The topological polar surface area (TPSA) is 72.7 Å². The van der Waals surface area contributed by atoms with E-state index in [0.717, 1.165) is 5.56 Å². The number of nitrogens with one attached hydrogen (secondary N) is 1. The van der Waals surface area contributed by atoms with Gasteiger partial charge in [0.2, 0.25) is 5.91 Å². The summed E-state index contributed by atoms with van der Waals surface area (Å²) in [7, 11) is 0. The molecule has 1 amide bonds. The molecule has 0 bridgehead atoms. The first-order valence-electron chi connectivity index (χ1n) is 7.51. The van der Waals surface area contributed by atoms with E-state index in [0.29, 0.717) is 22.8 Å². The van der Waals surface area contributed by atoms with Crippen molar-refractivity contribution in [2.24, 2.45) is 0 Å². The van der Waals surface area contributed by atoms with Crippen molar-refractivity contribution in [3.8, 4) is 5.75 Å². The number of ether oxygens (including phenoxy) is 1. The van der Waals surface area contributed by atoms with Gasteiger partial charge in [-0.05, 0) is 42.8 Å². The van der Waals surface area contributed by atoms with E-state index in [-0.39, 0.29) is 18.1 Å². The molecule has 0 unspecified atom stereocenters. The Hall–Kier alpha value is -3.15. The number of pyridine rings is 1. The minimum atomic E-state index is -0.136. The van der Waals surface area contributed by atoms with Crippen molar-refractivity contribution >= 4 is 17.2 Å². The molecule has 122 valence electrons. The molecule has 6 heteroatoms. The summed E-state index contributed by atoms with van der Waals surface area (Å²) in [6.07, 6.45) is 1.70. The summed E-state index contributed by atoms with van der Waals surface area (Å²) in [6, 6.07) is 12.2. The summed E-state index contributed by atoms with van der Waals surface area (Å²) >= 11 is 0. The number of carbonyl (C=O) groups is 1. The molecule has 0 saturated carbocycles. The van der Waals surface area contributed by atoms with E-state index in [1.54, 1.807) is 30.5 Å². The zero-order valence-corrected chi connectivity index (χ0v) is 13.4. The number of benzene rings is 1. The normalized spacial score (nSPS) is 10.6. The molecule has 0 aliphatic rings. The molecular weight excluding hydrogens is 306 g/mol. The van der Waals surface area contributed by atoms with E-state index < -0.39 is 0 Å². The molecule has 0 radical (unpaired) electrons. The highest BCUT2D eigenvalue weighted by molar-refractivity contribution is 5.88. The second-order valence-corrected chi connectivity index (χ2v) is 5.46. The van der Waals surface area contributed by atoms with E-state index in [1.165, 1.54) is 17.4 Å². The van der Waals surface area contributed by atoms with Gasteiger partial charge in [-0.3, -0.25) is 14.0 Å². The Bertz CT molecular complexity index is 946. The van der Waals surface area contributed by atoms with Crippen molar-refractivity contribution in [2.45, 2.75) is 20.5 Å². The summed E-state index contributed by atoms with van der Waals surface area (Å²) < 4.78 is 7.19. The molecule has 0 saturated heterocycles. The van der Waals surface area contributed by atoms with Crippen LogP contribution in [0.4, 0.5) is 5.69 Å². The van der Waals surface area contributed by atoms with Crippen LogP contribution in [0.25, 0.3) is 5.65 Å². The highest BCUT2D eigenvalue weighted by atomic mass is 16.5. The standard InChI is InChI=1S/C18H17N3O3/c1-12-4-3-9-21-17(23)10-15(20-18(12)21)11-24-16-7-5-14(6-8-16)19-13(2)22/h3-10H,11H2,1-2H3,(H,19,22). The number of nitrogens with zero attached hydrogens (tertiary/aromatic N) is 2. The lowest BCUT2D eigenvalue weighted by atomic mass is 10.3. The summed E-state index contributed by atoms with van der Waals surface area (Å²) in [6.45, 7) is 3.56. The number of anilines is 1. The van der Waals surface area contributed by atoms with E-state index in [1.807, 2.05) is 19.1 Å². The fraction of sp³-hybridized carbons (Fsp3) is 0.167. The molecule has 0 aliphatic carbocycles. The molecule has 3 aromatic rings. The Morgan fingerprint density at radius 2 is 2.00 bits per heavy atom. The Kier molecular flexibility index (Phi) is 4.29. The first kappa shape index (κ1) is 15.7. The van der Waals surface area contributed by atoms with Crippen molar-refractivity contribution in [1.29, 1.82) is 0 Å². The highest BCUT2D eigenvalue weighted by Crippen LogP contribution is 2.17. The minimum absolute atomic E-state index is 0.125. The maximum atomic E-state index is 12.1. The lowest BCUT2D eigenvalue weighted by Gasteiger charge is -2.09. The number of amides is 1. The lowest BCUT2D eigenvalue weighted by Crippen LogP contribution is -2.17. The van der Waals surface area contributed by atoms with Gasteiger partial charge in [0, 0.05) is 24.9 Å². The fourth-order valence-corrected chi connectivity index (χ4v) is 2.38. The van der Waals surface area contributed by atoms with Crippen molar-refractivity contribution in [2.75, 3.05) is 5.32 Å². The molecular formula is C18H17N3O3. The van der Waals surface area contributed by atoms with Crippen molar-refractivity contribution < 1.29 is 9.53 Å². The number of fused-ring (bicyclic) bond motifs is 1. The van der Waals surface area contributed by atoms with Crippen molar-refractivity contribution in [3.05, 3.63) is 70.3 Å². The second-order valence-electron chi connectivity index (χ2n) is 5.46. The highest BCUT2D eigenvalue weighted by Gasteiger charge is 2.05. The molecule has 0 fully saturated rings. The monoisotopic (exact) mass is 323 g/mol. The van der Waals surface area contributed by atoms with Crippen LogP contribution in [-0.4, -0.2) is 15.3 Å². The molecule has 1 aromatic carbocycles. The number of hydrogen-bond acceptors (Lipinski definition) is 4. The third-order valence-corrected chi connectivity index (χ3v) is 3.50. The molecule has 0 aliphatic heterocycles. The van der Waals surface area contributed by atoms with Gasteiger partial charge in [-0.1, -0.05) is 6.07 Å². The fourth-order valence-electron chi connectivity index (χ4n) is 2.38.